The third-order valence-electron chi connectivity index (χ3n) is 2.91. The van der Waals surface area contributed by atoms with E-state index in [1.807, 2.05) is 12.1 Å². The number of rotatable bonds is 5. The van der Waals surface area contributed by atoms with Crippen molar-refractivity contribution in [3.8, 4) is 0 Å². The van der Waals surface area contributed by atoms with E-state index < -0.39 is 0 Å². The monoisotopic (exact) mass is 240 g/mol. The second kappa shape index (κ2) is 6.24. The fourth-order valence-electron chi connectivity index (χ4n) is 2.09. The molecule has 0 spiro atoms. The van der Waals surface area contributed by atoms with Gasteiger partial charge in [0.1, 0.15) is 0 Å². The zero-order chi connectivity index (χ0) is 12.1. The van der Waals surface area contributed by atoms with E-state index in [-0.39, 0.29) is 6.04 Å². The van der Waals surface area contributed by atoms with Crippen LogP contribution in [0.2, 0.25) is 5.02 Å². The Bertz CT molecular complexity index is 308. The van der Waals surface area contributed by atoms with Crippen LogP contribution in [-0.4, -0.2) is 24.0 Å². The molecule has 1 atom stereocenters. The molecule has 0 saturated carbocycles. The van der Waals surface area contributed by atoms with Gasteiger partial charge in [-0.1, -0.05) is 30.7 Å². The van der Waals surface area contributed by atoms with Crippen LogP contribution in [0.5, 0.6) is 0 Å². The van der Waals surface area contributed by atoms with Gasteiger partial charge >= 0.3 is 0 Å². The van der Waals surface area contributed by atoms with Gasteiger partial charge in [-0.2, -0.15) is 0 Å². The smallest absolute Gasteiger partial charge is 0.0473 e. The summed E-state index contributed by atoms with van der Waals surface area (Å²) >= 11 is 5.89. The molecule has 1 rings (SSSR count). The minimum Gasteiger partial charge on any atom is -0.329 e. The molecule has 2 N–H and O–H groups in total. The molecule has 0 aliphatic carbocycles. The average Bonchev–Trinajstić information content (AvgIpc) is 2.26. The highest BCUT2D eigenvalue weighted by atomic mass is 35.5. The zero-order valence-electron chi connectivity index (χ0n) is 10.3. The first-order valence-electron chi connectivity index (χ1n) is 5.81. The lowest BCUT2D eigenvalue weighted by Gasteiger charge is -2.33. The van der Waals surface area contributed by atoms with Crippen molar-refractivity contribution in [3.05, 3.63) is 34.9 Å². The minimum absolute atomic E-state index is 0.280. The molecular weight excluding hydrogens is 220 g/mol. The van der Waals surface area contributed by atoms with Gasteiger partial charge in [-0.3, -0.25) is 4.90 Å². The fraction of sp³-hybridized carbons (Fsp3) is 0.538. The normalized spacial score (nSPS) is 13.4. The largest absolute Gasteiger partial charge is 0.329 e. The molecule has 1 unspecified atom stereocenters. The van der Waals surface area contributed by atoms with Gasteiger partial charge in [-0.25, -0.2) is 0 Å². The van der Waals surface area contributed by atoms with Gasteiger partial charge in [0.25, 0.3) is 0 Å². The molecule has 1 aromatic carbocycles. The van der Waals surface area contributed by atoms with E-state index in [1.54, 1.807) is 0 Å². The van der Waals surface area contributed by atoms with Gasteiger partial charge < -0.3 is 5.73 Å². The summed E-state index contributed by atoms with van der Waals surface area (Å²) in [7, 11) is 0. The third kappa shape index (κ3) is 3.21. The number of likely N-dealkylation sites (N-methyl/N-ethyl adjacent to an activating group) is 1. The van der Waals surface area contributed by atoms with Gasteiger partial charge in [-0.15, -0.1) is 0 Å². The first-order valence-corrected chi connectivity index (χ1v) is 6.19. The SMILES string of the molecule is CCN(C(C)C)C(CN)c1ccc(Cl)cc1. The van der Waals surface area contributed by atoms with E-state index in [4.69, 9.17) is 17.3 Å². The number of nitrogens with zero attached hydrogens (tertiary/aromatic N) is 1. The van der Waals surface area contributed by atoms with Crippen molar-refractivity contribution in [2.45, 2.75) is 32.9 Å². The zero-order valence-corrected chi connectivity index (χ0v) is 11.0. The van der Waals surface area contributed by atoms with Crippen LogP contribution in [0.3, 0.4) is 0 Å². The molecule has 0 amide bonds. The molecule has 0 radical (unpaired) electrons. The van der Waals surface area contributed by atoms with E-state index in [9.17, 15) is 0 Å². The maximum atomic E-state index is 5.89. The maximum absolute atomic E-state index is 5.89. The van der Waals surface area contributed by atoms with Gasteiger partial charge in [0.15, 0.2) is 0 Å². The van der Waals surface area contributed by atoms with Crippen molar-refractivity contribution in [2.75, 3.05) is 13.1 Å². The highest BCUT2D eigenvalue weighted by Gasteiger charge is 2.19. The Morgan fingerprint density at radius 1 is 1.25 bits per heavy atom. The highest BCUT2D eigenvalue weighted by molar-refractivity contribution is 6.30. The lowest BCUT2D eigenvalue weighted by molar-refractivity contribution is 0.166. The predicted molar refractivity (Wildman–Crippen MR) is 70.8 cm³/mol. The van der Waals surface area contributed by atoms with Gasteiger partial charge in [-0.05, 0) is 38.1 Å². The Kier molecular flexibility index (Phi) is 5.26. The summed E-state index contributed by atoms with van der Waals surface area (Å²) in [4.78, 5) is 2.39. The number of hydrogen-bond acceptors (Lipinski definition) is 2. The summed E-state index contributed by atoms with van der Waals surface area (Å²) in [5.41, 5.74) is 7.12. The minimum atomic E-state index is 0.280. The third-order valence-corrected chi connectivity index (χ3v) is 3.16. The van der Waals surface area contributed by atoms with E-state index in [1.165, 1.54) is 5.56 Å². The molecule has 0 aliphatic heterocycles. The van der Waals surface area contributed by atoms with Crippen LogP contribution in [0, 0.1) is 0 Å². The molecule has 0 fully saturated rings. The van der Waals surface area contributed by atoms with Gasteiger partial charge in [0, 0.05) is 23.7 Å². The molecule has 1 aromatic rings. The molecule has 3 heteroatoms. The lowest BCUT2D eigenvalue weighted by Crippen LogP contribution is -2.38. The van der Waals surface area contributed by atoms with Crippen molar-refractivity contribution in [2.24, 2.45) is 5.73 Å². The van der Waals surface area contributed by atoms with Crippen molar-refractivity contribution >= 4 is 11.6 Å². The van der Waals surface area contributed by atoms with Crippen molar-refractivity contribution < 1.29 is 0 Å². The molecule has 2 nitrogen and oxygen atoms in total. The van der Waals surface area contributed by atoms with E-state index in [2.05, 4.69) is 37.8 Å². The number of benzene rings is 1. The summed E-state index contributed by atoms with van der Waals surface area (Å²) in [6, 6.07) is 8.74. The van der Waals surface area contributed by atoms with Crippen molar-refractivity contribution in [1.29, 1.82) is 0 Å². The second-order valence-corrected chi connectivity index (χ2v) is 4.66. The van der Waals surface area contributed by atoms with Crippen LogP contribution < -0.4 is 5.73 Å². The first kappa shape index (κ1) is 13.5. The average molecular weight is 241 g/mol. The summed E-state index contributed by atoms with van der Waals surface area (Å²) in [5, 5.41) is 0.770. The summed E-state index contributed by atoms with van der Waals surface area (Å²) in [5.74, 6) is 0. The fourth-order valence-corrected chi connectivity index (χ4v) is 2.22. The van der Waals surface area contributed by atoms with Crippen molar-refractivity contribution in [1.82, 2.24) is 4.90 Å². The van der Waals surface area contributed by atoms with Gasteiger partial charge in [0.2, 0.25) is 0 Å². The Morgan fingerprint density at radius 3 is 2.19 bits per heavy atom. The molecule has 16 heavy (non-hydrogen) atoms. The molecule has 0 saturated heterocycles. The van der Waals surface area contributed by atoms with E-state index in [0.717, 1.165) is 11.6 Å². The van der Waals surface area contributed by atoms with Crippen LogP contribution in [0.4, 0.5) is 0 Å². The van der Waals surface area contributed by atoms with Gasteiger partial charge in [0.05, 0.1) is 0 Å². The second-order valence-electron chi connectivity index (χ2n) is 4.23. The van der Waals surface area contributed by atoms with Crippen LogP contribution >= 0.6 is 11.6 Å². The number of hydrogen-bond donors (Lipinski definition) is 1. The summed E-state index contributed by atoms with van der Waals surface area (Å²) in [6.45, 7) is 8.19. The molecule has 90 valence electrons. The first-order chi connectivity index (χ1) is 7.60. The van der Waals surface area contributed by atoms with Crippen LogP contribution in [0.1, 0.15) is 32.4 Å². The van der Waals surface area contributed by atoms with Crippen LogP contribution in [0.15, 0.2) is 24.3 Å². The molecule has 0 aromatic heterocycles. The van der Waals surface area contributed by atoms with Crippen LogP contribution in [-0.2, 0) is 0 Å². The Balaban J connectivity index is 2.92. The standard InChI is InChI=1S/C13H21ClN2/c1-4-16(10(2)3)13(9-15)11-5-7-12(14)8-6-11/h5-8,10,13H,4,9,15H2,1-3H3. The highest BCUT2D eigenvalue weighted by Crippen LogP contribution is 2.23. The Hall–Kier alpha value is -0.570. The quantitative estimate of drug-likeness (QED) is 0.857. The molecule has 0 bridgehead atoms. The topological polar surface area (TPSA) is 29.3 Å². The maximum Gasteiger partial charge on any atom is 0.0473 e. The molecule has 0 aliphatic rings. The summed E-state index contributed by atoms with van der Waals surface area (Å²) in [6.07, 6.45) is 0. The van der Waals surface area contributed by atoms with E-state index in [0.29, 0.717) is 12.6 Å². The van der Waals surface area contributed by atoms with E-state index >= 15 is 0 Å². The molecule has 0 heterocycles. The van der Waals surface area contributed by atoms with Crippen LogP contribution in [0.25, 0.3) is 0 Å². The predicted octanol–water partition coefficient (Wildman–Crippen LogP) is 3.07. The lowest BCUT2D eigenvalue weighted by atomic mass is 10.0. The number of nitrogens with two attached hydrogens (primary N) is 1. The molecular formula is C13H21ClN2. The number of halogens is 1. The summed E-state index contributed by atoms with van der Waals surface area (Å²) < 4.78 is 0. The Morgan fingerprint density at radius 2 is 1.81 bits per heavy atom. The van der Waals surface area contributed by atoms with Crippen molar-refractivity contribution in [3.63, 3.8) is 0 Å². The Labute approximate surface area is 103 Å².